The first-order valence-corrected chi connectivity index (χ1v) is 4.31. The molecule has 0 unspecified atom stereocenters. The SMILES string of the molecule is Cl.Cl.[2H]c1c([2H])c([2H])c(C([2H])([2H])N2CCNCC2)c([2H])c1[2H]. The number of nitrogens with one attached hydrogen (secondary N) is 1. The Kier molecular flexibility index (Phi) is 3.42. The van der Waals surface area contributed by atoms with E-state index in [9.17, 15) is 0 Å². The van der Waals surface area contributed by atoms with Crippen molar-refractivity contribution in [3.05, 3.63) is 35.8 Å². The minimum Gasteiger partial charge on any atom is -0.314 e. The zero-order chi connectivity index (χ0) is 15.1. The molecule has 1 aromatic carbocycles. The van der Waals surface area contributed by atoms with Gasteiger partial charge in [0.15, 0.2) is 0 Å². The highest BCUT2D eigenvalue weighted by Gasteiger charge is 2.08. The molecule has 15 heavy (non-hydrogen) atoms. The van der Waals surface area contributed by atoms with E-state index in [-0.39, 0.29) is 30.4 Å². The average Bonchev–Trinajstić information content (AvgIpc) is 2.44. The Morgan fingerprint density at radius 3 is 2.40 bits per heavy atom. The maximum atomic E-state index is 8.20. The van der Waals surface area contributed by atoms with Crippen LogP contribution in [0, 0.1) is 0 Å². The van der Waals surface area contributed by atoms with Gasteiger partial charge in [-0.05, 0) is 5.56 Å². The van der Waals surface area contributed by atoms with Gasteiger partial charge in [-0.25, -0.2) is 0 Å². The van der Waals surface area contributed by atoms with Gasteiger partial charge >= 0.3 is 0 Å². The van der Waals surface area contributed by atoms with Crippen LogP contribution >= 0.6 is 24.8 Å². The summed E-state index contributed by atoms with van der Waals surface area (Å²) in [6, 6.07) is -2.45. The maximum Gasteiger partial charge on any atom is 0.0626 e. The van der Waals surface area contributed by atoms with Gasteiger partial charge in [0.1, 0.15) is 0 Å². The number of hydrogen-bond acceptors (Lipinski definition) is 2. The van der Waals surface area contributed by atoms with Crippen LogP contribution in [0.4, 0.5) is 0 Å². The van der Waals surface area contributed by atoms with Gasteiger partial charge < -0.3 is 5.32 Å². The van der Waals surface area contributed by atoms with E-state index in [1.807, 2.05) is 0 Å². The molecule has 2 nitrogen and oxygen atoms in total. The van der Waals surface area contributed by atoms with Crippen LogP contribution in [0.3, 0.4) is 0 Å². The first-order valence-electron chi connectivity index (χ1n) is 7.81. The largest absolute Gasteiger partial charge is 0.314 e. The number of hydrogen-bond donors (Lipinski definition) is 1. The van der Waals surface area contributed by atoms with E-state index >= 15 is 0 Å². The summed E-state index contributed by atoms with van der Waals surface area (Å²) in [7, 11) is 0. The first-order chi connectivity index (χ1) is 9.28. The molecule has 0 aliphatic carbocycles. The lowest BCUT2D eigenvalue weighted by Gasteiger charge is -2.27. The second-order valence-corrected chi connectivity index (χ2v) is 2.85. The summed E-state index contributed by atoms with van der Waals surface area (Å²) in [5.41, 5.74) is -0.287. The summed E-state index contributed by atoms with van der Waals surface area (Å²) < 4.78 is 54.9. The second-order valence-electron chi connectivity index (χ2n) is 2.85. The third-order valence-corrected chi connectivity index (χ3v) is 1.89. The van der Waals surface area contributed by atoms with Crippen molar-refractivity contribution >= 4 is 24.8 Å². The van der Waals surface area contributed by atoms with Crippen LogP contribution in [0.15, 0.2) is 30.2 Å². The molecule has 0 radical (unpaired) electrons. The molecule has 1 aromatic rings. The van der Waals surface area contributed by atoms with Crippen LogP contribution in [-0.2, 0) is 6.50 Å². The van der Waals surface area contributed by atoms with Gasteiger partial charge in [-0.1, -0.05) is 30.2 Å². The first kappa shape index (κ1) is 6.45. The molecular weight excluding hydrogens is 231 g/mol. The van der Waals surface area contributed by atoms with Gasteiger partial charge in [-0.2, -0.15) is 0 Å². The Labute approximate surface area is 114 Å². The molecule has 1 saturated heterocycles. The molecule has 2 rings (SSSR count). The Bertz CT molecular complexity index is 507. The normalized spacial score (nSPS) is 23.9. The number of rotatable bonds is 2. The summed E-state index contributed by atoms with van der Waals surface area (Å²) >= 11 is 0. The molecule has 4 heteroatoms. The molecule has 1 aliphatic heterocycles. The zero-order valence-electron chi connectivity index (χ0n) is 15.1. The molecule has 1 N–H and O–H groups in total. The fraction of sp³-hybridized carbons (Fsp3) is 0.455. The van der Waals surface area contributed by atoms with E-state index in [1.165, 1.54) is 4.90 Å². The van der Waals surface area contributed by atoms with Gasteiger partial charge in [0.2, 0.25) is 0 Å². The van der Waals surface area contributed by atoms with Crippen molar-refractivity contribution in [2.75, 3.05) is 26.2 Å². The molecule has 1 aliphatic rings. The van der Waals surface area contributed by atoms with Crippen LogP contribution in [0.5, 0.6) is 0 Å². The molecule has 0 amide bonds. The smallest absolute Gasteiger partial charge is 0.0626 e. The van der Waals surface area contributed by atoms with Crippen molar-refractivity contribution in [3.63, 3.8) is 0 Å². The van der Waals surface area contributed by atoms with Crippen LogP contribution < -0.4 is 5.32 Å². The Hall–Kier alpha value is -0.280. The predicted molar refractivity (Wildman–Crippen MR) is 69.1 cm³/mol. The van der Waals surface area contributed by atoms with E-state index in [0.29, 0.717) is 26.2 Å². The lowest BCUT2D eigenvalue weighted by Crippen LogP contribution is -2.42. The topological polar surface area (TPSA) is 15.3 Å². The molecule has 0 atom stereocenters. The molecule has 1 heterocycles. The molecule has 1 fully saturated rings. The van der Waals surface area contributed by atoms with Crippen LogP contribution in [-0.4, -0.2) is 31.1 Å². The van der Waals surface area contributed by atoms with Crippen molar-refractivity contribution in [2.24, 2.45) is 0 Å². The fourth-order valence-corrected chi connectivity index (χ4v) is 1.24. The standard InChI is InChI=1S/C11H16N2.2ClH/c1-2-4-11(5-3-1)10-13-8-6-12-7-9-13;;/h1-5,12H,6-10H2;2*1H/i1D,2D,3D,4D,5D,10D2;;. The molecule has 0 saturated carbocycles. The maximum absolute atomic E-state index is 8.20. The zero-order valence-corrected chi connectivity index (χ0v) is 9.73. The van der Waals surface area contributed by atoms with Crippen LogP contribution in [0.25, 0.3) is 0 Å². The van der Waals surface area contributed by atoms with Gasteiger partial charge in [-0.15, -0.1) is 24.8 Å². The lowest BCUT2D eigenvalue weighted by atomic mass is 10.2. The predicted octanol–water partition coefficient (Wildman–Crippen LogP) is 1.94. The van der Waals surface area contributed by atoms with Crippen molar-refractivity contribution < 1.29 is 9.60 Å². The summed E-state index contributed by atoms with van der Waals surface area (Å²) in [6.45, 7) is -0.0176. The third kappa shape index (κ3) is 4.85. The monoisotopic (exact) mass is 255 g/mol. The highest BCUT2D eigenvalue weighted by Crippen LogP contribution is 2.04. The molecule has 0 aromatic heterocycles. The number of nitrogens with zero attached hydrogens (tertiary/aromatic N) is 1. The molecule has 0 bridgehead atoms. The van der Waals surface area contributed by atoms with Crippen LogP contribution in [0.2, 0.25) is 0 Å². The summed E-state index contributed by atoms with van der Waals surface area (Å²) in [5, 5.41) is 3.09. The number of piperazine rings is 1. The quantitative estimate of drug-likeness (QED) is 0.870. The Morgan fingerprint density at radius 2 is 1.80 bits per heavy atom. The van der Waals surface area contributed by atoms with Gasteiger partial charge in [0.05, 0.1) is 6.85 Å². The van der Waals surface area contributed by atoms with E-state index in [4.69, 9.17) is 9.60 Å². The lowest BCUT2D eigenvalue weighted by molar-refractivity contribution is 0.233. The second kappa shape index (κ2) is 7.94. The van der Waals surface area contributed by atoms with Crippen molar-refractivity contribution in [3.8, 4) is 0 Å². The Morgan fingerprint density at radius 1 is 1.20 bits per heavy atom. The summed E-state index contributed by atoms with van der Waals surface area (Å²) in [6.07, 6.45) is 0. The summed E-state index contributed by atoms with van der Waals surface area (Å²) in [4.78, 5) is 1.50. The fourth-order valence-electron chi connectivity index (χ4n) is 1.24. The minimum absolute atomic E-state index is 0. The highest BCUT2D eigenvalue weighted by molar-refractivity contribution is 5.85. The van der Waals surface area contributed by atoms with E-state index in [1.54, 1.807) is 0 Å². The van der Waals surface area contributed by atoms with Crippen molar-refractivity contribution in [1.82, 2.24) is 10.2 Å². The number of halogens is 2. The van der Waals surface area contributed by atoms with E-state index in [2.05, 4.69) is 5.32 Å². The number of benzene rings is 1. The highest BCUT2D eigenvalue weighted by atomic mass is 35.5. The van der Waals surface area contributed by atoms with Crippen LogP contribution in [0.1, 0.15) is 15.2 Å². The molecule has 0 spiro atoms. The van der Waals surface area contributed by atoms with Gasteiger partial charge in [0.25, 0.3) is 0 Å². The minimum atomic E-state index is -2.09. The third-order valence-electron chi connectivity index (χ3n) is 1.89. The van der Waals surface area contributed by atoms with Gasteiger partial charge in [-0.3, -0.25) is 4.90 Å². The van der Waals surface area contributed by atoms with E-state index in [0.717, 1.165) is 0 Å². The van der Waals surface area contributed by atoms with Crippen molar-refractivity contribution in [2.45, 2.75) is 6.50 Å². The van der Waals surface area contributed by atoms with E-state index < -0.39 is 36.7 Å². The van der Waals surface area contributed by atoms with Gasteiger partial charge in [0, 0.05) is 35.4 Å². The Balaban J connectivity index is 0.00000220. The molecular formula is C11H18Cl2N2. The average molecular weight is 256 g/mol. The molecule has 86 valence electrons. The van der Waals surface area contributed by atoms with Crippen molar-refractivity contribution in [1.29, 1.82) is 0 Å². The summed E-state index contributed by atoms with van der Waals surface area (Å²) in [5.74, 6) is 0.